The van der Waals surface area contributed by atoms with Crippen LogP contribution in [0, 0.1) is 6.92 Å². The first kappa shape index (κ1) is 12.7. The van der Waals surface area contributed by atoms with Gasteiger partial charge in [0.05, 0.1) is 11.4 Å². The second-order valence-corrected chi connectivity index (χ2v) is 3.55. The maximum Gasteiger partial charge on any atom is 0.405 e. The lowest BCUT2D eigenvalue weighted by Gasteiger charge is -2.15. The molecule has 1 rings (SSSR count). The third-order valence-corrected chi connectivity index (χ3v) is 2.02. The van der Waals surface area contributed by atoms with E-state index < -0.39 is 12.7 Å². The van der Waals surface area contributed by atoms with Crippen LogP contribution in [0.1, 0.15) is 12.5 Å². The molecule has 1 aromatic rings. The van der Waals surface area contributed by atoms with E-state index in [1.165, 1.54) is 0 Å². The van der Waals surface area contributed by atoms with Gasteiger partial charge in [0.15, 0.2) is 0 Å². The van der Waals surface area contributed by atoms with E-state index in [-0.39, 0.29) is 0 Å². The highest BCUT2D eigenvalue weighted by atomic mass is 19.4. The van der Waals surface area contributed by atoms with Gasteiger partial charge in [0.25, 0.3) is 0 Å². The van der Waals surface area contributed by atoms with E-state index >= 15 is 0 Å². The summed E-state index contributed by atoms with van der Waals surface area (Å²) in [6, 6.07) is 5.25. The zero-order chi connectivity index (χ0) is 12.2. The van der Waals surface area contributed by atoms with Crippen molar-refractivity contribution in [2.24, 2.45) is 0 Å². The van der Waals surface area contributed by atoms with E-state index in [1.807, 2.05) is 19.9 Å². The average Bonchev–Trinajstić information content (AvgIpc) is 2.15. The summed E-state index contributed by atoms with van der Waals surface area (Å²) in [7, 11) is 0. The van der Waals surface area contributed by atoms with Gasteiger partial charge in [-0.2, -0.15) is 13.2 Å². The van der Waals surface area contributed by atoms with Crippen LogP contribution in [0.15, 0.2) is 18.2 Å². The van der Waals surface area contributed by atoms with Gasteiger partial charge in [-0.25, -0.2) is 0 Å². The zero-order valence-corrected chi connectivity index (χ0v) is 9.28. The van der Waals surface area contributed by atoms with Gasteiger partial charge < -0.3 is 10.6 Å². The maximum atomic E-state index is 12.1. The average molecular weight is 232 g/mol. The summed E-state index contributed by atoms with van der Waals surface area (Å²) in [5, 5.41) is 5.40. The number of anilines is 2. The molecule has 0 amide bonds. The normalized spacial score (nSPS) is 11.3. The highest BCUT2D eigenvalue weighted by Gasteiger charge is 2.26. The molecule has 0 aromatic heterocycles. The maximum absolute atomic E-state index is 12.1. The minimum absolute atomic E-state index is 0.477. The molecule has 0 saturated heterocycles. The first-order valence-corrected chi connectivity index (χ1v) is 5.07. The van der Waals surface area contributed by atoms with Crippen LogP contribution in [0.3, 0.4) is 0 Å². The number of rotatable bonds is 4. The van der Waals surface area contributed by atoms with E-state index in [9.17, 15) is 13.2 Å². The topological polar surface area (TPSA) is 24.1 Å². The van der Waals surface area contributed by atoms with Crippen molar-refractivity contribution in [3.05, 3.63) is 23.8 Å². The van der Waals surface area contributed by atoms with Crippen LogP contribution in [0.2, 0.25) is 0 Å². The molecule has 5 heteroatoms. The Labute approximate surface area is 92.9 Å². The van der Waals surface area contributed by atoms with Crippen molar-refractivity contribution in [1.82, 2.24) is 0 Å². The molecule has 90 valence electrons. The SMILES string of the molecule is CCNc1cc(C)ccc1NCC(F)(F)F. The summed E-state index contributed by atoms with van der Waals surface area (Å²) in [5.74, 6) is 0. The fraction of sp³-hybridized carbons (Fsp3) is 0.455. The molecule has 0 aliphatic carbocycles. The third kappa shape index (κ3) is 4.00. The number of nitrogens with one attached hydrogen (secondary N) is 2. The Morgan fingerprint density at radius 2 is 1.81 bits per heavy atom. The predicted octanol–water partition coefficient (Wildman–Crippen LogP) is 3.40. The van der Waals surface area contributed by atoms with Crippen molar-refractivity contribution in [2.75, 3.05) is 23.7 Å². The number of aryl methyl sites for hydroxylation is 1. The van der Waals surface area contributed by atoms with E-state index in [1.54, 1.807) is 12.1 Å². The monoisotopic (exact) mass is 232 g/mol. The number of halogens is 3. The van der Waals surface area contributed by atoms with Crippen LogP contribution in [-0.2, 0) is 0 Å². The predicted molar refractivity (Wildman–Crippen MR) is 59.9 cm³/mol. The van der Waals surface area contributed by atoms with Crippen LogP contribution < -0.4 is 10.6 Å². The molecule has 0 atom stereocenters. The molecule has 0 spiro atoms. The molecule has 16 heavy (non-hydrogen) atoms. The Kier molecular flexibility index (Phi) is 4.04. The van der Waals surface area contributed by atoms with Crippen molar-refractivity contribution >= 4 is 11.4 Å². The van der Waals surface area contributed by atoms with Gasteiger partial charge in [0.2, 0.25) is 0 Å². The second kappa shape index (κ2) is 5.09. The fourth-order valence-corrected chi connectivity index (χ4v) is 1.34. The van der Waals surface area contributed by atoms with Crippen molar-refractivity contribution in [1.29, 1.82) is 0 Å². The first-order valence-electron chi connectivity index (χ1n) is 5.07. The molecular formula is C11H15F3N2. The molecule has 1 aromatic carbocycles. The molecule has 2 nitrogen and oxygen atoms in total. The van der Waals surface area contributed by atoms with Crippen LogP contribution >= 0.6 is 0 Å². The van der Waals surface area contributed by atoms with Crippen molar-refractivity contribution < 1.29 is 13.2 Å². The second-order valence-electron chi connectivity index (χ2n) is 3.55. The molecule has 0 aliphatic heterocycles. The van der Waals surface area contributed by atoms with E-state index in [4.69, 9.17) is 0 Å². The van der Waals surface area contributed by atoms with Gasteiger partial charge in [-0.1, -0.05) is 6.07 Å². The Balaban J connectivity index is 2.78. The van der Waals surface area contributed by atoms with Crippen molar-refractivity contribution in [2.45, 2.75) is 20.0 Å². The lowest BCUT2D eigenvalue weighted by atomic mass is 10.2. The van der Waals surface area contributed by atoms with E-state index in [0.29, 0.717) is 17.9 Å². The number of benzene rings is 1. The number of hydrogen-bond acceptors (Lipinski definition) is 2. The molecule has 0 saturated carbocycles. The summed E-state index contributed by atoms with van der Waals surface area (Å²) in [5.41, 5.74) is 2.19. The number of hydrogen-bond donors (Lipinski definition) is 2. The summed E-state index contributed by atoms with van der Waals surface area (Å²) in [4.78, 5) is 0. The van der Waals surface area contributed by atoms with Gasteiger partial charge in [-0.15, -0.1) is 0 Å². The van der Waals surface area contributed by atoms with E-state index in [0.717, 1.165) is 5.56 Å². The fourth-order valence-electron chi connectivity index (χ4n) is 1.34. The van der Waals surface area contributed by atoms with Gasteiger partial charge >= 0.3 is 6.18 Å². The highest BCUT2D eigenvalue weighted by Crippen LogP contribution is 2.24. The smallest absolute Gasteiger partial charge is 0.384 e. The summed E-state index contributed by atoms with van der Waals surface area (Å²) in [6.45, 7) is 3.45. The van der Waals surface area contributed by atoms with Gasteiger partial charge in [0, 0.05) is 6.54 Å². The molecule has 0 fully saturated rings. The summed E-state index contributed by atoms with van der Waals surface area (Å²) < 4.78 is 36.2. The molecule has 0 aliphatic rings. The zero-order valence-electron chi connectivity index (χ0n) is 9.28. The molecule has 0 unspecified atom stereocenters. The minimum atomic E-state index is -4.20. The van der Waals surface area contributed by atoms with Crippen molar-refractivity contribution in [3.63, 3.8) is 0 Å². The lowest BCUT2D eigenvalue weighted by Crippen LogP contribution is -2.21. The lowest BCUT2D eigenvalue weighted by molar-refractivity contribution is -0.115. The Hall–Kier alpha value is -1.39. The summed E-state index contributed by atoms with van der Waals surface area (Å²) >= 11 is 0. The third-order valence-electron chi connectivity index (χ3n) is 2.02. The Morgan fingerprint density at radius 1 is 1.12 bits per heavy atom. The van der Waals surface area contributed by atoms with Gasteiger partial charge in [-0.3, -0.25) is 0 Å². The molecular weight excluding hydrogens is 217 g/mol. The quantitative estimate of drug-likeness (QED) is 0.831. The first-order chi connectivity index (χ1) is 7.42. The molecule has 0 radical (unpaired) electrons. The van der Waals surface area contributed by atoms with Gasteiger partial charge in [-0.05, 0) is 31.5 Å². The summed E-state index contributed by atoms with van der Waals surface area (Å²) in [6.07, 6.45) is -4.20. The standard InChI is InChI=1S/C11H15F3N2/c1-3-15-10-6-8(2)4-5-9(10)16-7-11(12,13)14/h4-6,15-16H,3,7H2,1-2H3. The van der Waals surface area contributed by atoms with Crippen LogP contribution in [-0.4, -0.2) is 19.3 Å². The largest absolute Gasteiger partial charge is 0.405 e. The molecule has 0 heterocycles. The Morgan fingerprint density at radius 3 is 2.38 bits per heavy atom. The van der Waals surface area contributed by atoms with Gasteiger partial charge in [0.1, 0.15) is 6.54 Å². The van der Waals surface area contributed by atoms with E-state index in [2.05, 4.69) is 10.6 Å². The molecule has 0 bridgehead atoms. The van der Waals surface area contributed by atoms with Crippen molar-refractivity contribution in [3.8, 4) is 0 Å². The number of alkyl halides is 3. The van der Waals surface area contributed by atoms with Crippen LogP contribution in [0.25, 0.3) is 0 Å². The van der Waals surface area contributed by atoms with Crippen LogP contribution in [0.4, 0.5) is 24.5 Å². The van der Waals surface area contributed by atoms with Crippen LogP contribution in [0.5, 0.6) is 0 Å². The minimum Gasteiger partial charge on any atom is -0.384 e. The Bertz CT molecular complexity index is 348. The molecule has 2 N–H and O–H groups in total. The highest BCUT2D eigenvalue weighted by molar-refractivity contribution is 5.69.